The zero-order valence-corrected chi connectivity index (χ0v) is 16.2. The van der Waals surface area contributed by atoms with Crippen molar-refractivity contribution >= 4 is 0 Å². The highest BCUT2D eigenvalue weighted by Crippen LogP contribution is 2.43. The maximum atomic E-state index is 13.4. The van der Waals surface area contributed by atoms with Crippen LogP contribution in [-0.4, -0.2) is 17.3 Å². The van der Waals surface area contributed by atoms with Crippen LogP contribution in [0, 0.1) is 5.82 Å². The maximum Gasteiger partial charge on any atom is 0.226 e. The third-order valence-corrected chi connectivity index (χ3v) is 5.90. The molecule has 1 aliphatic carbocycles. The fourth-order valence-corrected chi connectivity index (χ4v) is 4.27. The predicted molar refractivity (Wildman–Crippen MR) is 106 cm³/mol. The fraction of sp³-hybridized carbons (Fsp3) is 0.391. The van der Waals surface area contributed by atoms with Gasteiger partial charge in [-0.25, -0.2) is 4.39 Å². The average molecular weight is 380 g/mol. The molecule has 0 saturated heterocycles. The van der Waals surface area contributed by atoms with Gasteiger partial charge < -0.3 is 9.26 Å². The smallest absolute Gasteiger partial charge is 0.226 e. The van der Waals surface area contributed by atoms with Crippen molar-refractivity contribution in [2.24, 2.45) is 0 Å². The standard InChI is InChI=1S/C23H25FN2O2/c1-27-20-11-5-17(6-12-20)22-25-21(28-26-22)13-16-23(14-3-2-4-15-23)18-7-9-19(24)10-8-18/h5-12H,2-4,13-16H2,1H3. The highest BCUT2D eigenvalue weighted by molar-refractivity contribution is 5.55. The molecular weight excluding hydrogens is 355 g/mol. The lowest BCUT2D eigenvalue weighted by Gasteiger charge is -2.38. The van der Waals surface area contributed by atoms with Gasteiger partial charge in [0.05, 0.1) is 7.11 Å². The van der Waals surface area contributed by atoms with Crippen LogP contribution in [0.3, 0.4) is 0 Å². The number of aryl methyl sites for hydroxylation is 1. The lowest BCUT2D eigenvalue weighted by Crippen LogP contribution is -2.29. The van der Waals surface area contributed by atoms with Gasteiger partial charge in [-0.05, 0) is 66.6 Å². The fourth-order valence-electron chi connectivity index (χ4n) is 4.27. The molecule has 4 rings (SSSR count). The van der Waals surface area contributed by atoms with Crippen LogP contribution < -0.4 is 4.74 Å². The molecule has 1 aliphatic rings. The summed E-state index contributed by atoms with van der Waals surface area (Å²) in [6, 6.07) is 14.6. The Kier molecular flexibility index (Phi) is 5.42. The van der Waals surface area contributed by atoms with Crippen LogP contribution in [0.2, 0.25) is 0 Å². The van der Waals surface area contributed by atoms with Crippen molar-refractivity contribution in [3.05, 3.63) is 65.8 Å². The summed E-state index contributed by atoms with van der Waals surface area (Å²) < 4.78 is 24.1. The molecule has 0 amide bonds. The van der Waals surface area contributed by atoms with Gasteiger partial charge in [0.1, 0.15) is 11.6 Å². The summed E-state index contributed by atoms with van der Waals surface area (Å²) >= 11 is 0. The normalized spacial score (nSPS) is 16.1. The number of ether oxygens (including phenoxy) is 1. The van der Waals surface area contributed by atoms with Gasteiger partial charge in [-0.2, -0.15) is 4.98 Å². The Balaban J connectivity index is 1.50. The van der Waals surface area contributed by atoms with E-state index in [4.69, 9.17) is 9.26 Å². The van der Waals surface area contributed by atoms with Gasteiger partial charge in [-0.1, -0.05) is 36.6 Å². The lowest BCUT2D eigenvalue weighted by atomic mass is 9.67. The molecule has 5 heteroatoms. The molecule has 4 nitrogen and oxygen atoms in total. The first-order valence-corrected chi connectivity index (χ1v) is 9.92. The Morgan fingerprint density at radius 3 is 2.39 bits per heavy atom. The second-order valence-corrected chi connectivity index (χ2v) is 7.59. The van der Waals surface area contributed by atoms with Crippen LogP contribution >= 0.6 is 0 Å². The van der Waals surface area contributed by atoms with Gasteiger partial charge in [-0.3, -0.25) is 0 Å². The summed E-state index contributed by atoms with van der Waals surface area (Å²) in [6.07, 6.45) is 7.58. The van der Waals surface area contributed by atoms with Gasteiger partial charge >= 0.3 is 0 Å². The van der Waals surface area contributed by atoms with Gasteiger partial charge in [0.15, 0.2) is 0 Å². The topological polar surface area (TPSA) is 48.2 Å². The Morgan fingerprint density at radius 1 is 1.00 bits per heavy atom. The third kappa shape index (κ3) is 3.93. The van der Waals surface area contributed by atoms with Crippen LogP contribution in [0.1, 0.15) is 50.0 Å². The number of nitrogens with zero attached hydrogens (tertiary/aromatic N) is 2. The predicted octanol–water partition coefficient (Wildman–Crippen LogP) is 5.72. The van der Waals surface area contributed by atoms with E-state index in [0.29, 0.717) is 11.7 Å². The van der Waals surface area contributed by atoms with E-state index in [1.165, 1.54) is 24.8 Å². The van der Waals surface area contributed by atoms with E-state index in [-0.39, 0.29) is 11.2 Å². The molecule has 1 fully saturated rings. The minimum Gasteiger partial charge on any atom is -0.497 e. The zero-order valence-electron chi connectivity index (χ0n) is 16.2. The van der Waals surface area contributed by atoms with Crippen LogP contribution in [0.4, 0.5) is 4.39 Å². The number of methoxy groups -OCH3 is 1. The first-order chi connectivity index (χ1) is 13.7. The molecule has 0 aliphatic heterocycles. The van der Waals surface area contributed by atoms with Crippen LogP contribution in [0.25, 0.3) is 11.4 Å². The quantitative estimate of drug-likeness (QED) is 0.549. The van der Waals surface area contributed by atoms with E-state index >= 15 is 0 Å². The molecule has 0 radical (unpaired) electrons. The minimum atomic E-state index is -0.184. The molecule has 28 heavy (non-hydrogen) atoms. The van der Waals surface area contributed by atoms with Crippen molar-refractivity contribution in [3.63, 3.8) is 0 Å². The molecular formula is C23H25FN2O2. The van der Waals surface area contributed by atoms with Gasteiger partial charge in [0.2, 0.25) is 11.7 Å². The summed E-state index contributed by atoms with van der Waals surface area (Å²) in [7, 11) is 1.64. The number of aromatic nitrogens is 2. The first-order valence-electron chi connectivity index (χ1n) is 9.92. The lowest BCUT2D eigenvalue weighted by molar-refractivity contribution is 0.261. The average Bonchev–Trinajstić information content (AvgIpc) is 3.23. The highest BCUT2D eigenvalue weighted by atomic mass is 19.1. The Morgan fingerprint density at radius 2 is 1.71 bits per heavy atom. The molecule has 0 bridgehead atoms. The molecule has 0 spiro atoms. The van der Waals surface area contributed by atoms with Gasteiger partial charge in [0, 0.05) is 12.0 Å². The van der Waals surface area contributed by atoms with Crippen molar-refractivity contribution in [1.82, 2.24) is 10.1 Å². The van der Waals surface area contributed by atoms with Crippen LogP contribution in [0.15, 0.2) is 53.1 Å². The number of benzene rings is 2. The molecule has 1 heterocycles. The van der Waals surface area contributed by atoms with Gasteiger partial charge in [0.25, 0.3) is 0 Å². The van der Waals surface area contributed by atoms with Gasteiger partial charge in [-0.15, -0.1) is 0 Å². The van der Waals surface area contributed by atoms with Crippen molar-refractivity contribution in [2.75, 3.05) is 7.11 Å². The Hall–Kier alpha value is -2.69. The van der Waals surface area contributed by atoms with Crippen molar-refractivity contribution in [2.45, 2.75) is 50.4 Å². The molecule has 1 saturated carbocycles. The van der Waals surface area contributed by atoms with Crippen molar-refractivity contribution < 1.29 is 13.7 Å². The van der Waals surface area contributed by atoms with E-state index in [1.54, 1.807) is 19.2 Å². The number of hydrogen-bond donors (Lipinski definition) is 0. The molecule has 0 N–H and O–H groups in total. The monoisotopic (exact) mass is 380 g/mol. The largest absolute Gasteiger partial charge is 0.497 e. The number of rotatable bonds is 6. The highest BCUT2D eigenvalue weighted by Gasteiger charge is 2.34. The van der Waals surface area contributed by atoms with E-state index in [9.17, 15) is 4.39 Å². The summed E-state index contributed by atoms with van der Waals surface area (Å²) in [5.74, 6) is 1.86. The minimum absolute atomic E-state index is 0.0701. The molecule has 0 atom stereocenters. The zero-order chi connectivity index (χ0) is 19.4. The first kappa shape index (κ1) is 18.7. The van der Waals surface area contributed by atoms with E-state index < -0.39 is 0 Å². The van der Waals surface area contributed by atoms with Crippen molar-refractivity contribution in [1.29, 1.82) is 0 Å². The second-order valence-electron chi connectivity index (χ2n) is 7.59. The van der Waals surface area contributed by atoms with Crippen LogP contribution in [0.5, 0.6) is 5.75 Å². The molecule has 146 valence electrons. The molecule has 2 aromatic carbocycles. The van der Waals surface area contributed by atoms with E-state index in [0.717, 1.165) is 37.0 Å². The second kappa shape index (κ2) is 8.13. The summed E-state index contributed by atoms with van der Waals surface area (Å²) in [6.45, 7) is 0. The number of halogens is 1. The molecule has 1 aromatic heterocycles. The Bertz CT molecular complexity index is 897. The van der Waals surface area contributed by atoms with Crippen LogP contribution in [-0.2, 0) is 11.8 Å². The summed E-state index contributed by atoms with van der Waals surface area (Å²) in [5.41, 5.74) is 2.20. The molecule has 0 unspecified atom stereocenters. The van der Waals surface area contributed by atoms with E-state index in [1.807, 2.05) is 36.4 Å². The SMILES string of the molecule is COc1ccc(-c2noc(CCC3(c4ccc(F)cc4)CCCCC3)n2)cc1. The maximum absolute atomic E-state index is 13.4. The van der Waals surface area contributed by atoms with Crippen molar-refractivity contribution in [3.8, 4) is 17.1 Å². The Labute approximate surface area is 164 Å². The number of hydrogen-bond acceptors (Lipinski definition) is 4. The summed E-state index contributed by atoms with van der Waals surface area (Å²) in [5, 5.41) is 4.14. The third-order valence-electron chi connectivity index (χ3n) is 5.90. The van der Waals surface area contributed by atoms with E-state index in [2.05, 4.69) is 10.1 Å². The summed E-state index contributed by atoms with van der Waals surface area (Å²) in [4.78, 5) is 4.58. The molecule has 3 aromatic rings.